The van der Waals surface area contributed by atoms with Crippen LogP contribution in [0.1, 0.15) is 0 Å². The Balaban J connectivity index is 1.81. The van der Waals surface area contributed by atoms with Crippen molar-refractivity contribution in [1.29, 1.82) is 0 Å². The SMILES string of the molecule is c1ccc(N[Si]Nc2ccccc2)cc1. The summed E-state index contributed by atoms with van der Waals surface area (Å²) in [4.78, 5) is 6.62. The van der Waals surface area contributed by atoms with Crippen molar-refractivity contribution in [2.75, 3.05) is 9.96 Å². The molecular formula is C12H12N2Si. The second-order valence-electron chi connectivity index (χ2n) is 3.11. The lowest BCUT2D eigenvalue weighted by Crippen LogP contribution is -2.16. The van der Waals surface area contributed by atoms with Gasteiger partial charge in [0.15, 0.2) is 0 Å². The van der Waals surface area contributed by atoms with Gasteiger partial charge >= 0.3 is 9.84 Å². The number of anilines is 2. The highest BCUT2D eigenvalue weighted by Gasteiger charge is 1.92. The maximum Gasteiger partial charge on any atom is 0.326 e. The molecule has 0 bridgehead atoms. The average molecular weight is 212 g/mol. The van der Waals surface area contributed by atoms with Gasteiger partial charge in [-0.15, -0.1) is 0 Å². The van der Waals surface area contributed by atoms with Crippen LogP contribution in [0.3, 0.4) is 0 Å². The Labute approximate surface area is 92.3 Å². The first kappa shape index (κ1) is 9.80. The van der Waals surface area contributed by atoms with E-state index >= 15 is 0 Å². The molecule has 0 aliphatic heterocycles. The standard InChI is InChI=1S/C12H12N2Si/c1-3-7-11(8-4-1)13-15-14-12-9-5-2-6-10-12/h1-10,13-14H. The van der Waals surface area contributed by atoms with E-state index in [-0.39, 0.29) is 0 Å². The molecule has 0 aromatic heterocycles. The lowest BCUT2D eigenvalue weighted by Gasteiger charge is -2.06. The molecular weight excluding hydrogens is 200 g/mol. The highest BCUT2D eigenvalue weighted by Crippen LogP contribution is 2.06. The minimum absolute atomic E-state index is 0.487. The third-order valence-electron chi connectivity index (χ3n) is 1.96. The lowest BCUT2D eigenvalue weighted by molar-refractivity contribution is 1.63. The fraction of sp³-hybridized carbons (Fsp3) is 0. The Hall–Kier alpha value is -1.74. The summed E-state index contributed by atoms with van der Waals surface area (Å²) in [5, 5.41) is 0. The Kier molecular flexibility index (Phi) is 3.41. The summed E-state index contributed by atoms with van der Waals surface area (Å²) in [5.74, 6) is 0. The van der Waals surface area contributed by atoms with Crippen molar-refractivity contribution < 1.29 is 0 Å². The lowest BCUT2D eigenvalue weighted by atomic mass is 10.3. The fourth-order valence-electron chi connectivity index (χ4n) is 1.22. The largest absolute Gasteiger partial charge is 0.394 e. The van der Waals surface area contributed by atoms with Gasteiger partial charge in [-0.05, 0) is 24.3 Å². The Bertz CT molecular complexity index is 349. The van der Waals surface area contributed by atoms with Crippen LogP contribution in [0.15, 0.2) is 60.7 Å². The first-order valence-electron chi connectivity index (χ1n) is 4.82. The van der Waals surface area contributed by atoms with Crippen molar-refractivity contribution in [3.8, 4) is 0 Å². The van der Waals surface area contributed by atoms with Crippen molar-refractivity contribution in [2.45, 2.75) is 0 Å². The van der Waals surface area contributed by atoms with Crippen LogP contribution >= 0.6 is 0 Å². The van der Waals surface area contributed by atoms with Crippen molar-refractivity contribution >= 4 is 21.2 Å². The third-order valence-corrected chi connectivity index (χ3v) is 2.79. The number of nitrogens with one attached hydrogen (secondary N) is 2. The molecule has 15 heavy (non-hydrogen) atoms. The summed E-state index contributed by atoms with van der Waals surface area (Å²) in [6.07, 6.45) is 0. The molecule has 0 unspecified atom stereocenters. The number of para-hydroxylation sites is 2. The van der Waals surface area contributed by atoms with Gasteiger partial charge in [0, 0.05) is 11.4 Å². The Morgan fingerprint density at radius 3 is 1.40 bits per heavy atom. The quantitative estimate of drug-likeness (QED) is 0.761. The van der Waals surface area contributed by atoms with E-state index in [0.717, 1.165) is 11.4 Å². The van der Waals surface area contributed by atoms with Gasteiger partial charge in [0.2, 0.25) is 0 Å². The molecule has 0 saturated carbocycles. The van der Waals surface area contributed by atoms with E-state index in [1.807, 2.05) is 36.4 Å². The van der Waals surface area contributed by atoms with Gasteiger partial charge in [-0.3, -0.25) is 0 Å². The number of rotatable bonds is 4. The minimum atomic E-state index is 0.487. The molecule has 0 fully saturated rings. The molecule has 2 radical (unpaired) electrons. The van der Waals surface area contributed by atoms with Crippen LogP contribution in [0.25, 0.3) is 0 Å². The molecule has 0 heterocycles. The molecule has 0 amide bonds. The van der Waals surface area contributed by atoms with Crippen molar-refractivity contribution in [1.82, 2.24) is 0 Å². The van der Waals surface area contributed by atoms with Gasteiger partial charge in [0.05, 0.1) is 0 Å². The zero-order valence-corrected chi connectivity index (χ0v) is 9.27. The average Bonchev–Trinajstić information content (AvgIpc) is 2.32. The predicted molar refractivity (Wildman–Crippen MR) is 65.9 cm³/mol. The second kappa shape index (κ2) is 5.22. The van der Waals surface area contributed by atoms with Crippen LogP contribution in [0.4, 0.5) is 11.4 Å². The first-order valence-corrected chi connectivity index (χ1v) is 5.82. The molecule has 0 aliphatic rings. The normalized spacial score (nSPS) is 9.60. The van der Waals surface area contributed by atoms with Gasteiger partial charge in [0.1, 0.15) is 0 Å². The van der Waals surface area contributed by atoms with E-state index in [1.165, 1.54) is 0 Å². The zero-order chi connectivity index (χ0) is 10.3. The molecule has 0 aliphatic carbocycles. The van der Waals surface area contributed by atoms with Crippen LogP contribution in [0, 0.1) is 0 Å². The van der Waals surface area contributed by atoms with E-state index in [4.69, 9.17) is 0 Å². The third kappa shape index (κ3) is 3.14. The van der Waals surface area contributed by atoms with Crippen molar-refractivity contribution in [2.24, 2.45) is 0 Å². The molecule has 0 saturated heterocycles. The van der Waals surface area contributed by atoms with Crippen LogP contribution in [-0.4, -0.2) is 9.84 Å². The maximum absolute atomic E-state index is 3.31. The monoisotopic (exact) mass is 212 g/mol. The van der Waals surface area contributed by atoms with E-state index in [1.54, 1.807) is 0 Å². The highest BCUT2D eigenvalue weighted by atomic mass is 28.2. The topological polar surface area (TPSA) is 24.1 Å². The van der Waals surface area contributed by atoms with E-state index in [2.05, 4.69) is 34.2 Å². The summed E-state index contributed by atoms with van der Waals surface area (Å²) in [6, 6.07) is 20.3. The molecule has 3 heteroatoms. The smallest absolute Gasteiger partial charge is 0.326 e. The van der Waals surface area contributed by atoms with E-state index in [0.29, 0.717) is 9.84 Å². The number of benzene rings is 2. The van der Waals surface area contributed by atoms with Crippen LogP contribution in [-0.2, 0) is 0 Å². The summed E-state index contributed by atoms with van der Waals surface area (Å²) < 4.78 is 0. The first-order chi connectivity index (χ1) is 7.45. The highest BCUT2D eigenvalue weighted by molar-refractivity contribution is 6.44. The predicted octanol–water partition coefficient (Wildman–Crippen LogP) is 2.74. The minimum Gasteiger partial charge on any atom is -0.394 e. The summed E-state index contributed by atoms with van der Waals surface area (Å²) in [7, 11) is 0.487. The Morgan fingerprint density at radius 1 is 0.600 bits per heavy atom. The van der Waals surface area contributed by atoms with E-state index in [9.17, 15) is 0 Å². The number of hydrogen-bond donors (Lipinski definition) is 2. The molecule has 2 N–H and O–H groups in total. The zero-order valence-electron chi connectivity index (χ0n) is 8.27. The fourth-order valence-corrected chi connectivity index (χ4v) is 1.90. The Morgan fingerprint density at radius 2 is 1.00 bits per heavy atom. The summed E-state index contributed by atoms with van der Waals surface area (Å²) in [6.45, 7) is 0. The van der Waals surface area contributed by atoms with Gasteiger partial charge in [-0.1, -0.05) is 36.4 Å². The van der Waals surface area contributed by atoms with Gasteiger partial charge in [0.25, 0.3) is 0 Å². The molecule has 2 rings (SSSR count). The van der Waals surface area contributed by atoms with Crippen LogP contribution < -0.4 is 9.96 Å². The van der Waals surface area contributed by atoms with E-state index < -0.39 is 0 Å². The number of hydrogen-bond acceptors (Lipinski definition) is 2. The second-order valence-corrected chi connectivity index (χ2v) is 3.86. The summed E-state index contributed by atoms with van der Waals surface area (Å²) >= 11 is 0. The summed E-state index contributed by atoms with van der Waals surface area (Å²) in [5.41, 5.74) is 2.28. The van der Waals surface area contributed by atoms with Gasteiger partial charge < -0.3 is 9.96 Å². The van der Waals surface area contributed by atoms with Gasteiger partial charge in [-0.25, -0.2) is 0 Å². The van der Waals surface area contributed by atoms with Crippen LogP contribution in [0.5, 0.6) is 0 Å². The molecule has 2 nitrogen and oxygen atoms in total. The molecule has 74 valence electrons. The molecule has 0 atom stereocenters. The molecule has 2 aromatic carbocycles. The van der Waals surface area contributed by atoms with Crippen molar-refractivity contribution in [3.05, 3.63) is 60.7 Å². The van der Waals surface area contributed by atoms with Gasteiger partial charge in [-0.2, -0.15) is 0 Å². The van der Waals surface area contributed by atoms with Crippen molar-refractivity contribution in [3.63, 3.8) is 0 Å². The maximum atomic E-state index is 3.31. The van der Waals surface area contributed by atoms with Crippen LogP contribution in [0.2, 0.25) is 0 Å². The molecule has 0 spiro atoms. The molecule has 2 aromatic rings.